The lowest BCUT2D eigenvalue weighted by molar-refractivity contribution is -0.0504. The van der Waals surface area contributed by atoms with Crippen LogP contribution in [0.25, 0.3) is 0 Å². The summed E-state index contributed by atoms with van der Waals surface area (Å²) in [6.45, 7) is -1.55. The number of carbonyl (C=O) groups is 1. The van der Waals surface area contributed by atoms with Crippen molar-refractivity contribution in [2.24, 2.45) is 0 Å². The van der Waals surface area contributed by atoms with Gasteiger partial charge in [0.15, 0.2) is 5.78 Å². The van der Waals surface area contributed by atoms with Gasteiger partial charge in [-0.05, 0) is 41.6 Å². The summed E-state index contributed by atoms with van der Waals surface area (Å²) in [5.74, 6) is -0.248. The summed E-state index contributed by atoms with van der Waals surface area (Å²) in [4.78, 5) is 11.1. The molecule has 1 aromatic rings. The standard InChI is InChI=1S/C9H6ClF2IO2/c1-4(14)5-2-3-6(15-9(11)12)8(13)7(5)10/h2-3,9H,1H3. The summed E-state index contributed by atoms with van der Waals surface area (Å²) >= 11 is 7.58. The van der Waals surface area contributed by atoms with E-state index in [4.69, 9.17) is 11.6 Å². The zero-order chi connectivity index (χ0) is 11.6. The van der Waals surface area contributed by atoms with Crippen LogP contribution in [0.4, 0.5) is 8.78 Å². The minimum absolute atomic E-state index is 0.0272. The highest BCUT2D eigenvalue weighted by Gasteiger charge is 2.15. The highest BCUT2D eigenvalue weighted by atomic mass is 127. The molecule has 0 bridgehead atoms. The van der Waals surface area contributed by atoms with E-state index in [1.54, 1.807) is 22.6 Å². The SMILES string of the molecule is CC(=O)c1ccc(OC(F)F)c(I)c1Cl. The molecule has 0 aliphatic heterocycles. The Morgan fingerprint density at radius 2 is 2.13 bits per heavy atom. The summed E-state index contributed by atoms with van der Waals surface area (Å²) < 4.78 is 28.4. The molecule has 0 aliphatic carbocycles. The summed E-state index contributed by atoms with van der Waals surface area (Å²) in [5, 5.41) is 0.140. The Morgan fingerprint density at radius 1 is 1.53 bits per heavy atom. The predicted molar refractivity (Wildman–Crippen MR) is 60.8 cm³/mol. The van der Waals surface area contributed by atoms with Crippen molar-refractivity contribution in [3.8, 4) is 5.75 Å². The van der Waals surface area contributed by atoms with Crippen molar-refractivity contribution in [3.63, 3.8) is 0 Å². The molecule has 0 heterocycles. The molecule has 0 spiro atoms. The fourth-order valence-electron chi connectivity index (χ4n) is 0.991. The van der Waals surface area contributed by atoms with Crippen molar-refractivity contribution >= 4 is 40.0 Å². The first-order valence-corrected chi connectivity index (χ1v) is 5.33. The average molecular weight is 346 g/mol. The Labute approximate surface area is 104 Å². The Bertz CT molecular complexity index is 396. The van der Waals surface area contributed by atoms with Crippen molar-refractivity contribution in [2.75, 3.05) is 0 Å². The number of hydrogen-bond donors (Lipinski definition) is 0. The molecular formula is C9H6ClF2IO2. The summed E-state index contributed by atoms with van der Waals surface area (Å²) in [6.07, 6.45) is 0. The van der Waals surface area contributed by atoms with E-state index in [0.29, 0.717) is 9.13 Å². The lowest BCUT2D eigenvalue weighted by atomic mass is 10.1. The third kappa shape index (κ3) is 3.01. The van der Waals surface area contributed by atoms with E-state index in [9.17, 15) is 13.6 Å². The molecule has 2 nitrogen and oxygen atoms in total. The first-order valence-electron chi connectivity index (χ1n) is 3.87. The number of halogens is 4. The fourth-order valence-corrected chi connectivity index (χ4v) is 1.88. The molecule has 0 amide bonds. The number of Topliss-reactive ketones (excluding diaryl/α,β-unsaturated/α-hetero) is 1. The normalized spacial score (nSPS) is 10.5. The van der Waals surface area contributed by atoms with Crippen molar-refractivity contribution in [2.45, 2.75) is 13.5 Å². The number of hydrogen-bond acceptors (Lipinski definition) is 2. The molecule has 0 saturated carbocycles. The van der Waals surface area contributed by atoms with E-state index in [-0.39, 0.29) is 16.6 Å². The third-order valence-electron chi connectivity index (χ3n) is 1.64. The zero-order valence-corrected chi connectivity index (χ0v) is 10.5. The van der Waals surface area contributed by atoms with Gasteiger partial charge >= 0.3 is 6.61 Å². The van der Waals surface area contributed by atoms with Gasteiger partial charge in [0.2, 0.25) is 0 Å². The van der Waals surface area contributed by atoms with Gasteiger partial charge in [0, 0.05) is 5.56 Å². The third-order valence-corrected chi connectivity index (χ3v) is 3.42. The molecular weight excluding hydrogens is 340 g/mol. The molecule has 0 fully saturated rings. The topological polar surface area (TPSA) is 26.3 Å². The van der Waals surface area contributed by atoms with Crippen molar-refractivity contribution in [1.82, 2.24) is 0 Å². The van der Waals surface area contributed by atoms with Gasteiger partial charge < -0.3 is 4.74 Å². The van der Waals surface area contributed by atoms with Gasteiger partial charge in [0.25, 0.3) is 0 Å². The molecule has 1 aromatic carbocycles. The molecule has 82 valence electrons. The monoisotopic (exact) mass is 346 g/mol. The van der Waals surface area contributed by atoms with Crippen LogP contribution in [0, 0.1) is 3.57 Å². The smallest absolute Gasteiger partial charge is 0.387 e. The Balaban J connectivity index is 3.15. The summed E-state index contributed by atoms with van der Waals surface area (Å²) in [5.41, 5.74) is 0.294. The largest absolute Gasteiger partial charge is 0.434 e. The van der Waals surface area contributed by atoms with Crippen molar-refractivity contribution in [1.29, 1.82) is 0 Å². The maximum absolute atomic E-state index is 12.0. The summed E-state index contributed by atoms with van der Waals surface area (Å²) in [6, 6.07) is 2.67. The second-order valence-corrected chi connectivity index (χ2v) is 4.13. The van der Waals surface area contributed by atoms with Gasteiger partial charge in [-0.25, -0.2) is 0 Å². The van der Waals surface area contributed by atoms with Gasteiger partial charge in [-0.15, -0.1) is 0 Å². The molecule has 0 N–H and O–H groups in total. The number of rotatable bonds is 3. The molecule has 0 aliphatic rings. The predicted octanol–water partition coefficient (Wildman–Crippen LogP) is 3.75. The molecule has 0 saturated heterocycles. The van der Waals surface area contributed by atoms with Gasteiger partial charge in [-0.3, -0.25) is 4.79 Å². The highest BCUT2D eigenvalue weighted by Crippen LogP contribution is 2.32. The average Bonchev–Trinajstić information content (AvgIpc) is 2.12. The number of ketones is 1. The van der Waals surface area contributed by atoms with Gasteiger partial charge in [0.1, 0.15) is 5.75 Å². The first kappa shape index (κ1) is 12.6. The minimum Gasteiger partial charge on any atom is -0.434 e. The molecule has 0 unspecified atom stereocenters. The molecule has 6 heteroatoms. The van der Waals surface area contributed by atoms with Crippen molar-refractivity contribution in [3.05, 3.63) is 26.3 Å². The van der Waals surface area contributed by atoms with Gasteiger partial charge in [-0.1, -0.05) is 11.6 Å². The van der Waals surface area contributed by atoms with E-state index in [1.165, 1.54) is 19.1 Å². The quantitative estimate of drug-likeness (QED) is 0.615. The van der Waals surface area contributed by atoms with Crippen LogP contribution in [-0.2, 0) is 0 Å². The van der Waals surface area contributed by atoms with E-state index < -0.39 is 6.61 Å². The van der Waals surface area contributed by atoms with Crippen LogP contribution in [0.2, 0.25) is 5.02 Å². The highest BCUT2D eigenvalue weighted by molar-refractivity contribution is 14.1. The molecule has 1 rings (SSSR count). The molecule has 0 atom stereocenters. The number of benzene rings is 1. The van der Waals surface area contributed by atoms with Gasteiger partial charge in [0.05, 0.1) is 8.59 Å². The maximum Gasteiger partial charge on any atom is 0.387 e. The first-order chi connectivity index (χ1) is 6.93. The fraction of sp³-hybridized carbons (Fsp3) is 0.222. The maximum atomic E-state index is 12.0. The van der Waals surface area contributed by atoms with E-state index >= 15 is 0 Å². The molecule has 0 aromatic heterocycles. The van der Waals surface area contributed by atoms with Crippen LogP contribution in [0.1, 0.15) is 17.3 Å². The Kier molecular flexibility index (Phi) is 4.27. The number of ether oxygens (including phenoxy) is 1. The van der Waals surface area contributed by atoms with E-state index in [2.05, 4.69) is 4.74 Å². The van der Waals surface area contributed by atoms with Crippen LogP contribution < -0.4 is 4.74 Å². The molecule has 0 radical (unpaired) electrons. The van der Waals surface area contributed by atoms with Crippen LogP contribution in [0.5, 0.6) is 5.75 Å². The summed E-state index contributed by atoms with van der Waals surface area (Å²) in [7, 11) is 0. The minimum atomic E-state index is -2.90. The zero-order valence-electron chi connectivity index (χ0n) is 7.56. The van der Waals surface area contributed by atoms with E-state index in [1.807, 2.05) is 0 Å². The second kappa shape index (κ2) is 5.07. The lowest BCUT2D eigenvalue weighted by Gasteiger charge is -2.09. The van der Waals surface area contributed by atoms with Gasteiger partial charge in [-0.2, -0.15) is 8.78 Å². The number of carbonyl (C=O) groups excluding carboxylic acids is 1. The second-order valence-electron chi connectivity index (χ2n) is 2.67. The van der Waals surface area contributed by atoms with Crippen LogP contribution in [0.15, 0.2) is 12.1 Å². The lowest BCUT2D eigenvalue weighted by Crippen LogP contribution is -2.05. The molecule has 15 heavy (non-hydrogen) atoms. The Morgan fingerprint density at radius 3 is 2.60 bits per heavy atom. The van der Waals surface area contributed by atoms with Crippen LogP contribution in [0.3, 0.4) is 0 Å². The van der Waals surface area contributed by atoms with Crippen LogP contribution >= 0.6 is 34.2 Å². The Hall–Kier alpha value is -0.430. The van der Waals surface area contributed by atoms with E-state index in [0.717, 1.165) is 0 Å². The van der Waals surface area contributed by atoms with Crippen molar-refractivity contribution < 1.29 is 18.3 Å². The number of alkyl halides is 2. The van der Waals surface area contributed by atoms with Crippen LogP contribution in [-0.4, -0.2) is 12.4 Å².